The van der Waals surface area contributed by atoms with Crippen LogP contribution < -0.4 is 11.1 Å². The number of benzene rings is 1. The van der Waals surface area contributed by atoms with Crippen molar-refractivity contribution in [3.8, 4) is 0 Å². The summed E-state index contributed by atoms with van der Waals surface area (Å²) in [6.07, 6.45) is 1.44. The second-order valence-electron chi connectivity index (χ2n) is 3.86. The number of rotatable bonds is 2. The van der Waals surface area contributed by atoms with Gasteiger partial charge in [0.2, 0.25) is 0 Å². The fourth-order valence-corrected chi connectivity index (χ4v) is 1.77. The van der Waals surface area contributed by atoms with Crippen molar-refractivity contribution in [1.29, 1.82) is 0 Å². The van der Waals surface area contributed by atoms with Gasteiger partial charge in [0.25, 0.3) is 0 Å². The summed E-state index contributed by atoms with van der Waals surface area (Å²) in [4.78, 5) is 8.06. The van der Waals surface area contributed by atoms with E-state index in [4.69, 9.17) is 5.73 Å². The van der Waals surface area contributed by atoms with Crippen LogP contribution in [0.2, 0.25) is 0 Å². The maximum Gasteiger partial charge on any atom is 0.150 e. The third-order valence-electron chi connectivity index (χ3n) is 2.46. The summed E-state index contributed by atoms with van der Waals surface area (Å²) < 4.78 is 0.681. The molecule has 4 nitrogen and oxygen atoms in total. The van der Waals surface area contributed by atoms with Gasteiger partial charge in [-0.15, -0.1) is 0 Å². The lowest BCUT2D eigenvalue weighted by Gasteiger charge is -2.11. The Bertz CT molecular complexity index is 554. The summed E-state index contributed by atoms with van der Waals surface area (Å²) in [7, 11) is 0. The van der Waals surface area contributed by atoms with Gasteiger partial charge in [-0.3, -0.25) is 0 Å². The smallest absolute Gasteiger partial charge is 0.150 e. The second kappa shape index (κ2) is 4.71. The molecular weight excluding hydrogens is 280 g/mol. The minimum atomic E-state index is 0.424. The summed E-state index contributed by atoms with van der Waals surface area (Å²) >= 11 is 3.37. The third kappa shape index (κ3) is 2.55. The number of nitrogens with zero attached hydrogens (tertiary/aromatic N) is 2. The van der Waals surface area contributed by atoms with Crippen LogP contribution >= 0.6 is 15.9 Å². The number of nitrogens with one attached hydrogen (secondary N) is 1. The number of nitrogens with two attached hydrogens (primary N) is 1. The van der Waals surface area contributed by atoms with Crippen molar-refractivity contribution in [2.75, 3.05) is 11.1 Å². The van der Waals surface area contributed by atoms with Gasteiger partial charge in [0.1, 0.15) is 22.4 Å². The molecule has 88 valence electrons. The summed E-state index contributed by atoms with van der Waals surface area (Å²) in [5, 5.41) is 3.24. The molecule has 5 heteroatoms. The molecule has 0 amide bonds. The van der Waals surface area contributed by atoms with Gasteiger partial charge in [-0.25, -0.2) is 9.97 Å². The maximum absolute atomic E-state index is 5.70. The van der Waals surface area contributed by atoms with Gasteiger partial charge in [0.05, 0.1) is 0 Å². The predicted molar refractivity (Wildman–Crippen MR) is 73.3 cm³/mol. The Kier molecular flexibility index (Phi) is 3.28. The van der Waals surface area contributed by atoms with Crippen LogP contribution in [0.3, 0.4) is 0 Å². The zero-order valence-corrected chi connectivity index (χ0v) is 11.2. The van der Waals surface area contributed by atoms with E-state index in [1.807, 2.05) is 13.8 Å². The van der Waals surface area contributed by atoms with E-state index in [2.05, 4.69) is 49.4 Å². The first-order valence-corrected chi connectivity index (χ1v) is 5.97. The van der Waals surface area contributed by atoms with Crippen LogP contribution in [0.25, 0.3) is 0 Å². The van der Waals surface area contributed by atoms with Crippen molar-refractivity contribution in [3.63, 3.8) is 0 Å². The lowest BCUT2D eigenvalue weighted by Crippen LogP contribution is -2.01. The molecule has 0 atom stereocenters. The molecular formula is C12H13BrN4. The van der Waals surface area contributed by atoms with E-state index in [1.165, 1.54) is 11.9 Å². The van der Waals surface area contributed by atoms with E-state index in [-0.39, 0.29) is 0 Å². The lowest BCUT2D eigenvalue weighted by molar-refractivity contribution is 1.16. The number of halogens is 1. The van der Waals surface area contributed by atoms with Crippen LogP contribution in [0.4, 0.5) is 17.3 Å². The molecule has 1 aromatic carbocycles. The van der Waals surface area contributed by atoms with Gasteiger partial charge in [0, 0.05) is 5.69 Å². The fourth-order valence-electron chi connectivity index (χ4n) is 1.47. The average Bonchev–Trinajstić information content (AvgIpc) is 2.30. The summed E-state index contributed by atoms with van der Waals surface area (Å²) in [5.74, 6) is 1.10. The van der Waals surface area contributed by atoms with Gasteiger partial charge in [0.15, 0.2) is 0 Å². The highest BCUT2D eigenvalue weighted by Gasteiger charge is 2.07. The number of aromatic nitrogens is 2. The monoisotopic (exact) mass is 292 g/mol. The molecule has 3 N–H and O–H groups in total. The maximum atomic E-state index is 5.70. The Morgan fingerprint density at radius 1 is 1.24 bits per heavy atom. The zero-order chi connectivity index (χ0) is 12.4. The van der Waals surface area contributed by atoms with Crippen molar-refractivity contribution in [3.05, 3.63) is 40.1 Å². The first-order chi connectivity index (χ1) is 8.08. The van der Waals surface area contributed by atoms with Crippen molar-refractivity contribution < 1.29 is 0 Å². The standard InChI is InChI=1S/C12H13BrN4/c1-7-3-4-8(2)9(5-7)17-12-10(13)11(14)15-6-16-12/h3-6H,1-2H3,(H3,14,15,16,17). The number of aryl methyl sites for hydroxylation is 2. The van der Waals surface area contributed by atoms with Crippen LogP contribution in [0.15, 0.2) is 29.0 Å². The van der Waals surface area contributed by atoms with Crippen molar-refractivity contribution in [1.82, 2.24) is 9.97 Å². The Morgan fingerprint density at radius 2 is 2.00 bits per heavy atom. The van der Waals surface area contributed by atoms with Crippen LogP contribution in [-0.2, 0) is 0 Å². The van der Waals surface area contributed by atoms with Crippen LogP contribution in [0.5, 0.6) is 0 Å². The minimum Gasteiger partial charge on any atom is -0.383 e. The molecule has 0 aliphatic heterocycles. The summed E-state index contributed by atoms with van der Waals surface area (Å²) in [6.45, 7) is 4.09. The largest absolute Gasteiger partial charge is 0.383 e. The van der Waals surface area contributed by atoms with Gasteiger partial charge >= 0.3 is 0 Å². The SMILES string of the molecule is Cc1ccc(C)c(Nc2ncnc(N)c2Br)c1. The van der Waals surface area contributed by atoms with Gasteiger partial charge < -0.3 is 11.1 Å². The molecule has 0 radical (unpaired) electrons. The van der Waals surface area contributed by atoms with Crippen LogP contribution in [-0.4, -0.2) is 9.97 Å². The van der Waals surface area contributed by atoms with Crippen molar-refractivity contribution >= 4 is 33.3 Å². The minimum absolute atomic E-state index is 0.424. The molecule has 0 saturated heterocycles. The number of hydrogen-bond acceptors (Lipinski definition) is 4. The molecule has 0 spiro atoms. The van der Waals surface area contributed by atoms with E-state index in [0.29, 0.717) is 16.1 Å². The van der Waals surface area contributed by atoms with E-state index in [9.17, 15) is 0 Å². The molecule has 17 heavy (non-hydrogen) atoms. The fraction of sp³-hybridized carbons (Fsp3) is 0.167. The van der Waals surface area contributed by atoms with Crippen molar-refractivity contribution in [2.45, 2.75) is 13.8 Å². The topological polar surface area (TPSA) is 63.8 Å². The number of anilines is 3. The molecule has 2 aromatic rings. The quantitative estimate of drug-likeness (QED) is 0.892. The van der Waals surface area contributed by atoms with Crippen molar-refractivity contribution in [2.24, 2.45) is 0 Å². The molecule has 0 fully saturated rings. The molecule has 1 heterocycles. The summed E-state index contributed by atoms with van der Waals surface area (Å²) in [6, 6.07) is 6.21. The first kappa shape index (κ1) is 11.9. The Balaban J connectivity index is 2.38. The molecule has 0 aliphatic carbocycles. The molecule has 0 unspecified atom stereocenters. The van der Waals surface area contributed by atoms with E-state index < -0.39 is 0 Å². The normalized spacial score (nSPS) is 10.3. The molecule has 0 aliphatic rings. The van der Waals surface area contributed by atoms with Gasteiger partial charge in [-0.2, -0.15) is 0 Å². The number of hydrogen-bond donors (Lipinski definition) is 2. The predicted octanol–water partition coefficient (Wildman–Crippen LogP) is 3.18. The highest BCUT2D eigenvalue weighted by atomic mass is 79.9. The lowest BCUT2D eigenvalue weighted by atomic mass is 10.1. The highest BCUT2D eigenvalue weighted by molar-refractivity contribution is 9.10. The van der Waals surface area contributed by atoms with E-state index >= 15 is 0 Å². The Morgan fingerprint density at radius 3 is 2.76 bits per heavy atom. The van der Waals surface area contributed by atoms with Crippen LogP contribution in [0, 0.1) is 13.8 Å². The van der Waals surface area contributed by atoms with E-state index in [0.717, 1.165) is 11.3 Å². The molecule has 1 aromatic heterocycles. The van der Waals surface area contributed by atoms with Gasteiger partial charge in [-0.05, 0) is 47.0 Å². The molecule has 0 saturated carbocycles. The average molecular weight is 293 g/mol. The second-order valence-corrected chi connectivity index (χ2v) is 4.66. The van der Waals surface area contributed by atoms with Gasteiger partial charge in [-0.1, -0.05) is 12.1 Å². The van der Waals surface area contributed by atoms with Crippen LogP contribution in [0.1, 0.15) is 11.1 Å². The zero-order valence-electron chi connectivity index (χ0n) is 9.66. The Labute approximate surface area is 108 Å². The number of nitrogen functional groups attached to an aromatic ring is 1. The third-order valence-corrected chi connectivity index (χ3v) is 3.24. The first-order valence-electron chi connectivity index (χ1n) is 5.18. The van der Waals surface area contributed by atoms with E-state index in [1.54, 1.807) is 0 Å². The summed E-state index contributed by atoms with van der Waals surface area (Å²) in [5.41, 5.74) is 9.07. The highest BCUT2D eigenvalue weighted by Crippen LogP contribution is 2.28. The molecule has 2 rings (SSSR count). The Hall–Kier alpha value is -1.62. The molecule has 0 bridgehead atoms.